The molecule has 3 nitrogen and oxygen atoms in total. The van der Waals surface area contributed by atoms with Gasteiger partial charge in [0, 0.05) is 19.8 Å². The maximum atomic E-state index is 10.1. The third-order valence-corrected chi connectivity index (χ3v) is 6.36. The van der Waals surface area contributed by atoms with Crippen molar-refractivity contribution in [2.24, 2.45) is 0 Å². The highest BCUT2D eigenvalue weighted by Gasteiger charge is 2.23. The Bertz CT molecular complexity index is 532. The lowest BCUT2D eigenvalue weighted by molar-refractivity contribution is 0.356. The van der Waals surface area contributed by atoms with Crippen LogP contribution in [0, 0.1) is 0 Å². The number of benzene rings is 2. The number of phenols is 1. The number of aromatic hydroxyl groups is 1. The molecule has 0 bridgehead atoms. The molecule has 2 aromatic carbocycles. The molecule has 0 aliphatic carbocycles. The minimum atomic E-state index is -1.05. The maximum absolute atomic E-state index is 10.1. The highest BCUT2D eigenvalue weighted by molar-refractivity contribution is 8.53. The fraction of sp³-hybridized carbons (Fsp3) is 0.200. The molecule has 0 fully saturated rings. The normalized spacial score (nSPS) is 12.6. The molecule has 0 aliphatic rings. The van der Waals surface area contributed by atoms with Gasteiger partial charge in [0.25, 0.3) is 0 Å². The van der Waals surface area contributed by atoms with Crippen molar-refractivity contribution >= 4 is 19.0 Å². The predicted octanol–water partition coefficient (Wildman–Crippen LogP) is 4.73. The number of hydrogen-bond donors (Lipinski definition) is 1. The summed E-state index contributed by atoms with van der Waals surface area (Å²) in [6.45, 7) is 0. The van der Waals surface area contributed by atoms with Crippen molar-refractivity contribution in [3.63, 3.8) is 0 Å². The van der Waals surface area contributed by atoms with Crippen LogP contribution >= 0.6 is 19.0 Å². The van der Waals surface area contributed by atoms with Gasteiger partial charge in [0.15, 0.2) is 0 Å². The number of phenolic OH excluding ortho intramolecular Hbond substituents is 1. The van der Waals surface area contributed by atoms with Crippen molar-refractivity contribution in [2.75, 3.05) is 14.2 Å². The third kappa shape index (κ3) is 3.74. The topological polar surface area (TPSA) is 38.7 Å². The van der Waals surface area contributed by atoms with Crippen molar-refractivity contribution in [3.8, 4) is 5.75 Å². The summed E-state index contributed by atoms with van der Waals surface area (Å²) in [5, 5.41) is 10.1. The Morgan fingerprint density at radius 2 is 1.55 bits per heavy atom. The molecule has 0 saturated carbocycles. The zero-order chi connectivity index (χ0) is 14.4. The quantitative estimate of drug-likeness (QED) is 0.783. The second kappa shape index (κ2) is 7.65. The largest absolute Gasteiger partial charge is 0.508 e. The first-order chi connectivity index (χ1) is 9.76. The first-order valence-corrected chi connectivity index (χ1v) is 8.80. The fourth-order valence-corrected chi connectivity index (χ4v) is 4.70. The maximum Gasteiger partial charge on any atom is 0.238 e. The zero-order valence-corrected chi connectivity index (χ0v) is 13.1. The Balaban J connectivity index is 2.37. The van der Waals surface area contributed by atoms with Gasteiger partial charge in [0.2, 0.25) is 7.58 Å². The van der Waals surface area contributed by atoms with Gasteiger partial charge in [-0.3, -0.25) is 0 Å². The van der Waals surface area contributed by atoms with Gasteiger partial charge >= 0.3 is 0 Å². The van der Waals surface area contributed by atoms with E-state index in [4.69, 9.17) is 9.05 Å². The van der Waals surface area contributed by atoms with Crippen molar-refractivity contribution in [1.29, 1.82) is 0 Å². The van der Waals surface area contributed by atoms with E-state index in [1.165, 1.54) is 0 Å². The molecule has 0 spiro atoms. The molecule has 2 aromatic rings. The summed E-state index contributed by atoms with van der Waals surface area (Å²) < 4.78 is 10.7. The summed E-state index contributed by atoms with van der Waals surface area (Å²) in [6, 6.07) is 17.4. The number of hydrogen-bond acceptors (Lipinski definition) is 4. The Kier molecular flexibility index (Phi) is 5.86. The lowest BCUT2D eigenvalue weighted by Gasteiger charge is -2.21. The van der Waals surface area contributed by atoms with Crippen molar-refractivity contribution in [2.45, 2.75) is 5.25 Å². The average molecular weight is 308 g/mol. The third-order valence-electron chi connectivity index (χ3n) is 2.81. The summed E-state index contributed by atoms with van der Waals surface area (Å²) in [5.41, 5.74) is 1.98. The van der Waals surface area contributed by atoms with E-state index < -0.39 is 7.58 Å². The highest BCUT2D eigenvalue weighted by Crippen LogP contribution is 2.59. The standard InChI is InChI=1S/C15H17O3PS/c1-17-19(18-2)20-15(12-8-4-3-5-9-12)13-10-6-7-11-14(13)16/h3-11,15-16H,1-2H3. The van der Waals surface area contributed by atoms with Crippen LogP contribution in [0.1, 0.15) is 16.4 Å². The van der Waals surface area contributed by atoms with E-state index in [-0.39, 0.29) is 11.0 Å². The van der Waals surface area contributed by atoms with Gasteiger partial charge in [-0.25, -0.2) is 0 Å². The molecule has 20 heavy (non-hydrogen) atoms. The minimum Gasteiger partial charge on any atom is -0.508 e. The molecule has 0 heterocycles. The van der Waals surface area contributed by atoms with Gasteiger partial charge in [-0.1, -0.05) is 59.9 Å². The SMILES string of the molecule is COP(OC)SC(c1ccccc1)c1ccccc1O. The van der Waals surface area contributed by atoms with Gasteiger partial charge in [-0.2, -0.15) is 0 Å². The van der Waals surface area contributed by atoms with E-state index in [0.29, 0.717) is 0 Å². The van der Waals surface area contributed by atoms with Crippen LogP contribution in [0.15, 0.2) is 54.6 Å². The monoisotopic (exact) mass is 308 g/mol. The van der Waals surface area contributed by atoms with E-state index in [1.807, 2.05) is 48.5 Å². The summed E-state index contributed by atoms with van der Waals surface area (Å²) in [7, 11) is 2.22. The van der Waals surface area contributed by atoms with Gasteiger partial charge < -0.3 is 14.2 Å². The van der Waals surface area contributed by atoms with E-state index in [2.05, 4.69) is 0 Å². The molecular weight excluding hydrogens is 291 g/mol. The second-order valence-corrected chi connectivity index (χ2v) is 7.43. The molecule has 5 heteroatoms. The summed E-state index contributed by atoms with van der Waals surface area (Å²) in [5.74, 6) is 0.288. The van der Waals surface area contributed by atoms with E-state index in [9.17, 15) is 5.11 Å². The summed E-state index contributed by atoms with van der Waals surface area (Å²) in [6.07, 6.45) is 0. The molecule has 2 rings (SSSR count). The van der Waals surface area contributed by atoms with Crippen LogP contribution in [0.2, 0.25) is 0 Å². The average Bonchev–Trinajstić information content (AvgIpc) is 2.51. The van der Waals surface area contributed by atoms with Crippen LogP contribution in [-0.4, -0.2) is 19.3 Å². The Morgan fingerprint density at radius 1 is 0.950 bits per heavy atom. The Morgan fingerprint density at radius 3 is 2.15 bits per heavy atom. The Labute approximate surface area is 124 Å². The van der Waals surface area contributed by atoms with Crippen LogP contribution in [0.25, 0.3) is 0 Å². The van der Waals surface area contributed by atoms with Crippen LogP contribution in [0.3, 0.4) is 0 Å². The number of rotatable bonds is 6. The van der Waals surface area contributed by atoms with Gasteiger partial charge in [-0.15, -0.1) is 0 Å². The lowest BCUT2D eigenvalue weighted by Crippen LogP contribution is -1.97. The molecular formula is C15H17O3PS. The van der Waals surface area contributed by atoms with Crippen LogP contribution < -0.4 is 0 Å². The Hall–Kier alpha value is -1.06. The highest BCUT2D eigenvalue weighted by atomic mass is 32.7. The molecule has 0 aliphatic heterocycles. The van der Waals surface area contributed by atoms with Crippen molar-refractivity contribution in [3.05, 3.63) is 65.7 Å². The second-order valence-electron chi connectivity index (χ2n) is 4.04. The van der Waals surface area contributed by atoms with Gasteiger partial charge in [0.1, 0.15) is 5.75 Å². The molecule has 0 amide bonds. The minimum absolute atomic E-state index is 0.0246. The number of para-hydroxylation sites is 1. The van der Waals surface area contributed by atoms with Crippen LogP contribution in [0.4, 0.5) is 0 Å². The first-order valence-electron chi connectivity index (χ1n) is 6.14. The van der Waals surface area contributed by atoms with Gasteiger partial charge in [0.05, 0.1) is 5.25 Å². The first kappa shape index (κ1) is 15.3. The van der Waals surface area contributed by atoms with Crippen molar-refractivity contribution < 1.29 is 14.2 Å². The van der Waals surface area contributed by atoms with Crippen LogP contribution in [-0.2, 0) is 9.05 Å². The molecule has 0 aromatic heterocycles. The van der Waals surface area contributed by atoms with Crippen LogP contribution in [0.5, 0.6) is 5.75 Å². The summed E-state index contributed by atoms with van der Waals surface area (Å²) in [4.78, 5) is 0. The van der Waals surface area contributed by atoms with E-state index in [0.717, 1.165) is 11.1 Å². The molecule has 1 atom stereocenters. The lowest BCUT2D eigenvalue weighted by atomic mass is 10.0. The molecule has 0 saturated heterocycles. The van der Waals surface area contributed by atoms with Gasteiger partial charge in [-0.05, 0) is 11.6 Å². The van der Waals surface area contributed by atoms with E-state index in [1.54, 1.807) is 31.7 Å². The van der Waals surface area contributed by atoms with Crippen molar-refractivity contribution in [1.82, 2.24) is 0 Å². The smallest absolute Gasteiger partial charge is 0.238 e. The molecule has 1 N–H and O–H groups in total. The molecule has 106 valence electrons. The zero-order valence-electron chi connectivity index (χ0n) is 11.4. The molecule has 1 unspecified atom stereocenters. The van der Waals surface area contributed by atoms with E-state index >= 15 is 0 Å². The predicted molar refractivity (Wildman–Crippen MR) is 84.9 cm³/mol. The molecule has 0 radical (unpaired) electrons. The fourth-order valence-electron chi connectivity index (χ4n) is 1.88. The summed E-state index contributed by atoms with van der Waals surface area (Å²) >= 11 is 1.57.